The van der Waals surface area contributed by atoms with E-state index in [4.69, 9.17) is 28.3 Å². The summed E-state index contributed by atoms with van der Waals surface area (Å²) in [5.74, 6) is 0.0999. The van der Waals surface area contributed by atoms with Crippen molar-refractivity contribution >= 4 is 39.3 Å². The van der Waals surface area contributed by atoms with E-state index < -0.39 is 16.1 Å². The van der Waals surface area contributed by atoms with Crippen LogP contribution in [0.2, 0.25) is 10.0 Å². The van der Waals surface area contributed by atoms with Gasteiger partial charge in [-0.25, -0.2) is 17.9 Å². The lowest BCUT2D eigenvalue weighted by molar-refractivity contribution is 0.125. The maximum absolute atomic E-state index is 12.6. The second-order valence-electron chi connectivity index (χ2n) is 6.01. The molecule has 0 aliphatic carbocycles. The van der Waals surface area contributed by atoms with E-state index in [9.17, 15) is 13.2 Å². The molecule has 134 valence electrons. The molecular formula is C15H20Cl2N2O4S. The Labute approximate surface area is 151 Å². The molecule has 0 aromatic heterocycles. The molecule has 1 aliphatic rings. The fourth-order valence-corrected chi connectivity index (χ4v) is 5.10. The van der Waals surface area contributed by atoms with Crippen molar-refractivity contribution in [3.8, 4) is 0 Å². The first-order valence-electron chi connectivity index (χ1n) is 7.56. The molecule has 2 N–H and O–H groups in total. The van der Waals surface area contributed by atoms with Gasteiger partial charge in [-0.2, -0.15) is 0 Å². The largest absolute Gasteiger partial charge is 0.465 e. The van der Waals surface area contributed by atoms with Gasteiger partial charge in [0.05, 0.1) is 5.02 Å². The summed E-state index contributed by atoms with van der Waals surface area (Å²) in [6.45, 7) is 4.41. The lowest BCUT2D eigenvalue weighted by Crippen LogP contribution is -2.41. The Morgan fingerprint density at radius 1 is 1.33 bits per heavy atom. The fourth-order valence-electron chi connectivity index (χ4n) is 2.77. The zero-order valence-corrected chi connectivity index (χ0v) is 15.8. The van der Waals surface area contributed by atoms with E-state index >= 15 is 0 Å². The highest BCUT2D eigenvalue weighted by Crippen LogP contribution is 2.33. The maximum atomic E-state index is 12.6. The van der Waals surface area contributed by atoms with Crippen LogP contribution in [-0.2, 0) is 10.0 Å². The zero-order valence-electron chi connectivity index (χ0n) is 13.5. The summed E-state index contributed by atoms with van der Waals surface area (Å²) >= 11 is 12.2. The Morgan fingerprint density at radius 3 is 2.46 bits per heavy atom. The van der Waals surface area contributed by atoms with Gasteiger partial charge in [-0.1, -0.05) is 23.2 Å². The first kappa shape index (κ1) is 19.3. The molecule has 6 nitrogen and oxygen atoms in total. The van der Waals surface area contributed by atoms with Gasteiger partial charge in [-0.3, -0.25) is 0 Å². The minimum absolute atomic E-state index is 0.0500. The van der Waals surface area contributed by atoms with Crippen molar-refractivity contribution in [3.05, 3.63) is 27.2 Å². The number of amides is 1. The lowest BCUT2D eigenvalue weighted by atomic mass is 9.97. The van der Waals surface area contributed by atoms with E-state index in [-0.39, 0.29) is 22.4 Å². The van der Waals surface area contributed by atoms with Gasteiger partial charge in [-0.15, -0.1) is 0 Å². The van der Waals surface area contributed by atoms with Crippen molar-refractivity contribution in [1.82, 2.24) is 9.62 Å². The number of piperidine rings is 1. The van der Waals surface area contributed by atoms with Gasteiger partial charge < -0.3 is 10.0 Å². The van der Waals surface area contributed by atoms with Crippen molar-refractivity contribution in [3.63, 3.8) is 0 Å². The van der Waals surface area contributed by atoms with E-state index in [1.54, 1.807) is 19.9 Å². The van der Waals surface area contributed by atoms with Gasteiger partial charge in [-0.05, 0) is 49.8 Å². The highest BCUT2D eigenvalue weighted by atomic mass is 35.5. The minimum atomic E-state index is -3.76. The van der Waals surface area contributed by atoms with Crippen molar-refractivity contribution in [2.24, 2.45) is 5.92 Å². The van der Waals surface area contributed by atoms with Crippen LogP contribution in [0, 0.1) is 19.8 Å². The molecule has 1 amide bonds. The number of carbonyl (C=O) groups is 1. The standard InChI is InChI=1S/C15H20Cl2N2O4S/c1-9-7-12(16)10(2)13(17)14(9)24(22,23)18-8-11-3-5-19(6-4-11)15(20)21/h7,11,18H,3-6,8H2,1-2H3,(H,20,21). The number of aryl methyl sites for hydroxylation is 1. The minimum Gasteiger partial charge on any atom is -0.465 e. The molecule has 1 aliphatic heterocycles. The van der Waals surface area contributed by atoms with Crippen LogP contribution < -0.4 is 4.72 Å². The maximum Gasteiger partial charge on any atom is 0.407 e. The average molecular weight is 395 g/mol. The van der Waals surface area contributed by atoms with Crippen LogP contribution in [0.1, 0.15) is 24.0 Å². The van der Waals surface area contributed by atoms with E-state index in [2.05, 4.69) is 4.72 Å². The highest BCUT2D eigenvalue weighted by molar-refractivity contribution is 7.89. The summed E-state index contributed by atoms with van der Waals surface area (Å²) in [7, 11) is -3.76. The number of carboxylic acid groups (broad SMARTS) is 1. The van der Waals surface area contributed by atoms with Crippen LogP contribution in [-0.4, -0.2) is 44.2 Å². The van der Waals surface area contributed by atoms with Crippen molar-refractivity contribution in [2.45, 2.75) is 31.6 Å². The fraction of sp³-hybridized carbons (Fsp3) is 0.533. The SMILES string of the molecule is Cc1cc(Cl)c(C)c(Cl)c1S(=O)(=O)NCC1CCN(C(=O)O)CC1. The van der Waals surface area contributed by atoms with Gasteiger partial charge in [0.2, 0.25) is 10.0 Å². The molecule has 9 heteroatoms. The van der Waals surface area contributed by atoms with E-state index in [1.165, 1.54) is 4.90 Å². The summed E-state index contributed by atoms with van der Waals surface area (Å²) < 4.78 is 27.8. The number of nitrogens with zero attached hydrogens (tertiary/aromatic N) is 1. The van der Waals surface area contributed by atoms with Crippen LogP contribution in [0.5, 0.6) is 0 Å². The molecule has 0 spiro atoms. The van der Waals surface area contributed by atoms with Gasteiger partial charge >= 0.3 is 6.09 Å². The average Bonchev–Trinajstić information content (AvgIpc) is 2.51. The Bertz CT molecular complexity index is 744. The number of hydrogen-bond donors (Lipinski definition) is 2. The van der Waals surface area contributed by atoms with E-state index in [0.717, 1.165) is 0 Å². The zero-order chi connectivity index (χ0) is 18.1. The molecule has 0 radical (unpaired) electrons. The molecule has 1 saturated heterocycles. The molecule has 2 rings (SSSR count). The number of benzene rings is 1. The van der Waals surface area contributed by atoms with Crippen LogP contribution in [0.4, 0.5) is 4.79 Å². The summed E-state index contributed by atoms with van der Waals surface area (Å²) in [4.78, 5) is 12.3. The second kappa shape index (κ2) is 7.47. The molecule has 24 heavy (non-hydrogen) atoms. The third-order valence-corrected chi connectivity index (χ3v) is 6.89. The number of nitrogens with one attached hydrogen (secondary N) is 1. The van der Waals surface area contributed by atoms with Crippen LogP contribution in [0.3, 0.4) is 0 Å². The normalized spacial score (nSPS) is 16.4. The molecule has 0 bridgehead atoms. The summed E-state index contributed by atoms with van der Waals surface area (Å²) in [6, 6.07) is 1.59. The van der Waals surface area contributed by atoms with E-state index in [0.29, 0.717) is 42.1 Å². The Kier molecular flexibility index (Phi) is 6.01. The number of sulfonamides is 1. The summed E-state index contributed by atoms with van der Waals surface area (Å²) in [5, 5.41) is 9.49. The molecule has 0 saturated carbocycles. The molecule has 1 fully saturated rings. The summed E-state index contributed by atoms with van der Waals surface area (Å²) in [6.07, 6.45) is 0.315. The number of halogens is 2. The number of likely N-dealkylation sites (tertiary alicyclic amines) is 1. The van der Waals surface area contributed by atoms with Crippen molar-refractivity contribution in [1.29, 1.82) is 0 Å². The highest BCUT2D eigenvalue weighted by Gasteiger charge is 2.26. The second-order valence-corrected chi connectivity index (χ2v) is 8.50. The quantitative estimate of drug-likeness (QED) is 0.819. The molecule has 1 heterocycles. The lowest BCUT2D eigenvalue weighted by Gasteiger charge is -2.30. The number of hydrogen-bond acceptors (Lipinski definition) is 3. The van der Waals surface area contributed by atoms with E-state index in [1.807, 2.05) is 0 Å². The van der Waals surface area contributed by atoms with Crippen molar-refractivity contribution < 1.29 is 18.3 Å². The Morgan fingerprint density at radius 2 is 1.92 bits per heavy atom. The molecule has 0 unspecified atom stereocenters. The van der Waals surface area contributed by atoms with Crippen LogP contribution in [0.15, 0.2) is 11.0 Å². The smallest absolute Gasteiger partial charge is 0.407 e. The predicted molar refractivity (Wildman–Crippen MR) is 93.4 cm³/mol. The molecule has 0 atom stereocenters. The van der Waals surface area contributed by atoms with Gasteiger partial charge in [0.1, 0.15) is 4.90 Å². The van der Waals surface area contributed by atoms with Crippen LogP contribution in [0.25, 0.3) is 0 Å². The molecule has 1 aromatic carbocycles. The van der Waals surface area contributed by atoms with Gasteiger partial charge in [0.25, 0.3) is 0 Å². The third kappa shape index (κ3) is 4.14. The van der Waals surface area contributed by atoms with Crippen molar-refractivity contribution in [2.75, 3.05) is 19.6 Å². The predicted octanol–water partition coefficient (Wildman–Crippen LogP) is 3.28. The monoisotopic (exact) mass is 394 g/mol. The van der Waals surface area contributed by atoms with Gasteiger partial charge in [0.15, 0.2) is 0 Å². The molecule has 1 aromatic rings. The Balaban J connectivity index is 2.08. The van der Waals surface area contributed by atoms with Gasteiger partial charge in [0, 0.05) is 24.7 Å². The topological polar surface area (TPSA) is 86.7 Å². The van der Waals surface area contributed by atoms with Crippen LogP contribution >= 0.6 is 23.2 Å². The first-order chi connectivity index (χ1) is 11.1. The Hall–Kier alpha value is -1.02. The third-order valence-electron chi connectivity index (χ3n) is 4.30. The first-order valence-corrected chi connectivity index (χ1v) is 9.80. The number of rotatable bonds is 4. The summed E-state index contributed by atoms with van der Waals surface area (Å²) in [5.41, 5.74) is 1.02. The molecular weight excluding hydrogens is 375 g/mol.